The molecule has 0 bridgehead atoms. The zero-order chi connectivity index (χ0) is 17.2. The molecule has 3 atom stereocenters. The summed E-state index contributed by atoms with van der Waals surface area (Å²) in [7, 11) is 0. The molecule has 25 heavy (non-hydrogen) atoms. The summed E-state index contributed by atoms with van der Waals surface area (Å²) in [5.41, 5.74) is 1.25. The summed E-state index contributed by atoms with van der Waals surface area (Å²) < 4.78 is 5.76. The fourth-order valence-electron chi connectivity index (χ4n) is 4.08. The van der Waals surface area contributed by atoms with Crippen molar-refractivity contribution in [3.8, 4) is 0 Å². The van der Waals surface area contributed by atoms with Gasteiger partial charge in [0.25, 0.3) is 0 Å². The average Bonchev–Trinajstić information content (AvgIpc) is 3.18. The van der Waals surface area contributed by atoms with Gasteiger partial charge in [0.1, 0.15) is 6.04 Å². The lowest BCUT2D eigenvalue weighted by molar-refractivity contribution is -0.140. The van der Waals surface area contributed by atoms with Gasteiger partial charge in [0.2, 0.25) is 11.8 Å². The van der Waals surface area contributed by atoms with Gasteiger partial charge in [-0.15, -0.1) is 0 Å². The third-order valence-electron chi connectivity index (χ3n) is 5.54. The minimum absolute atomic E-state index is 0.0110. The molecule has 0 unspecified atom stereocenters. The number of likely N-dealkylation sites (tertiary alicyclic amines) is 1. The van der Waals surface area contributed by atoms with Crippen LogP contribution in [0.5, 0.6) is 0 Å². The molecule has 3 fully saturated rings. The monoisotopic (exact) mass is 342 g/mol. The zero-order valence-electron chi connectivity index (χ0n) is 14.5. The number of benzene rings is 1. The smallest absolute Gasteiger partial charge is 0.243 e. The van der Waals surface area contributed by atoms with E-state index in [1.54, 1.807) is 0 Å². The van der Waals surface area contributed by atoms with Crippen molar-refractivity contribution in [1.82, 2.24) is 10.2 Å². The highest BCUT2D eigenvalue weighted by Gasteiger charge is 2.49. The summed E-state index contributed by atoms with van der Waals surface area (Å²) >= 11 is 0. The SMILES string of the molecule is O=C(NC1CC1)[C@@H]1C[C@@H]2OCC[C@@H]2N1C(=O)CCCc1ccccc1. The molecule has 4 rings (SSSR count). The quantitative estimate of drug-likeness (QED) is 0.861. The van der Waals surface area contributed by atoms with Gasteiger partial charge in [0.15, 0.2) is 0 Å². The van der Waals surface area contributed by atoms with E-state index in [0.717, 1.165) is 32.1 Å². The first kappa shape index (κ1) is 16.6. The molecule has 1 aliphatic carbocycles. The summed E-state index contributed by atoms with van der Waals surface area (Å²) in [5.74, 6) is 0.113. The van der Waals surface area contributed by atoms with Crippen LogP contribution in [0.3, 0.4) is 0 Å². The van der Waals surface area contributed by atoms with Gasteiger partial charge < -0.3 is 15.0 Å². The van der Waals surface area contributed by atoms with E-state index >= 15 is 0 Å². The maximum absolute atomic E-state index is 12.9. The molecule has 1 N–H and O–H groups in total. The Bertz CT molecular complexity index is 629. The highest BCUT2D eigenvalue weighted by Crippen LogP contribution is 2.35. The third-order valence-corrected chi connectivity index (χ3v) is 5.54. The number of aryl methyl sites for hydroxylation is 1. The van der Waals surface area contributed by atoms with Crippen LogP contribution in [0.1, 0.15) is 44.1 Å². The summed E-state index contributed by atoms with van der Waals surface area (Å²) in [6, 6.07) is 10.3. The standard InChI is InChI=1S/C20H26N2O3/c23-19(8-4-7-14-5-2-1-3-6-14)22-16-11-12-25-18(16)13-17(22)20(24)21-15-9-10-15/h1-3,5-6,15-18H,4,7-13H2,(H,21,24)/t16-,17-,18-/m0/s1. The normalized spacial score (nSPS) is 28.0. The van der Waals surface area contributed by atoms with Gasteiger partial charge in [-0.25, -0.2) is 0 Å². The van der Waals surface area contributed by atoms with Gasteiger partial charge in [-0.2, -0.15) is 0 Å². The first-order chi connectivity index (χ1) is 12.2. The lowest BCUT2D eigenvalue weighted by Gasteiger charge is -2.28. The molecule has 2 aliphatic heterocycles. The Balaban J connectivity index is 1.37. The molecule has 3 aliphatic rings. The van der Waals surface area contributed by atoms with Crippen LogP contribution >= 0.6 is 0 Å². The molecule has 0 spiro atoms. The Hall–Kier alpha value is -1.88. The summed E-state index contributed by atoms with van der Waals surface area (Å²) in [6.45, 7) is 0.695. The number of nitrogens with zero attached hydrogens (tertiary/aromatic N) is 1. The fraction of sp³-hybridized carbons (Fsp3) is 0.600. The molecule has 134 valence electrons. The summed E-state index contributed by atoms with van der Waals surface area (Å²) in [4.78, 5) is 27.3. The number of hydrogen-bond acceptors (Lipinski definition) is 3. The van der Waals surface area contributed by atoms with E-state index in [-0.39, 0.29) is 30.0 Å². The molecule has 0 aromatic heterocycles. The fourth-order valence-corrected chi connectivity index (χ4v) is 4.08. The predicted octanol–water partition coefficient (Wildman–Crippen LogP) is 2.05. The first-order valence-electron chi connectivity index (χ1n) is 9.49. The van der Waals surface area contributed by atoms with Gasteiger partial charge >= 0.3 is 0 Å². The molecule has 2 amide bonds. The number of ether oxygens (including phenoxy) is 1. The summed E-state index contributed by atoms with van der Waals surface area (Å²) in [5, 5.41) is 3.06. The Morgan fingerprint density at radius 3 is 2.72 bits per heavy atom. The summed E-state index contributed by atoms with van der Waals surface area (Å²) in [6.07, 6.45) is 5.85. The molecule has 5 heteroatoms. The topological polar surface area (TPSA) is 58.6 Å². The molecular weight excluding hydrogens is 316 g/mol. The van der Waals surface area contributed by atoms with Crippen molar-refractivity contribution in [3.05, 3.63) is 35.9 Å². The zero-order valence-corrected chi connectivity index (χ0v) is 14.5. The second-order valence-electron chi connectivity index (χ2n) is 7.44. The second-order valence-corrected chi connectivity index (χ2v) is 7.44. The van der Waals surface area contributed by atoms with E-state index in [2.05, 4.69) is 17.4 Å². The van der Waals surface area contributed by atoms with Crippen molar-refractivity contribution in [2.75, 3.05) is 6.61 Å². The van der Waals surface area contributed by atoms with Crippen molar-refractivity contribution in [2.24, 2.45) is 0 Å². The van der Waals surface area contributed by atoms with E-state index in [0.29, 0.717) is 25.5 Å². The van der Waals surface area contributed by atoms with Crippen LogP contribution < -0.4 is 5.32 Å². The van der Waals surface area contributed by atoms with Crippen molar-refractivity contribution >= 4 is 11.8 Å². The Morgan fingerprint density at radius 2 is 1.96 bits per heavy atom. The Kier molecular flexibility index (Phi) is 4.75. The maximum atomic E-state index is 12.9. The average molecular weight is 342 g/mol. The third kappa shape index (κ3) is 3.71. The van der Waals surface area contributed by atoms with Crippen molar-refractivity contribution in [1.29, 1.82) is 0 Å². The number of amides is 2. The van der Waals surface area contributed by atoms with E-state index in [9.17, 15) is 9.59 Å². The number of rotatable bonds is 6. The van der Waals surface area contributed by atoms with Gasteiger partial charge in [-0.05, 0) is 37.7 Å². The Labute approximate surface area is 148 Å². The van der Waals surface area contributed by atoms with Gasteiger partial charge in [0.05, 0.1) is 12.1 Å². The van der Waals surface area contributed by atoms with E-state index < -0.39 is 0 Å². The largest absolute Gasteiger partial charge is 0.376 e. The van der Waals surface area contributed by atoms with Crippen LogP contribution in [-0.4, -0.2) is 47.6 Å². The lowest BCUT2D eigenvalue weighted by Crippen LogP contribution is -2.49. The van der Waals surface area contributed by atoms with Crippen LogP contribution in [0, 0.1) is 0 Å². The maximum Gasteiger partial charge on any atom is 0.243 e. The van der Waals surface area contributed by atoms with E-state index in [1.165, 1.54) is 5.56 Å². The van der Waals surface area contributed by atoms with Gasteiger partial charge in [-0.3, -0.25) is 9.59 Å². The number of carbonyl (C=O) groups is 2. The van der Waals surface area contributed by atoms with Crippen LogP contribution in [0.25, 0.3) is 0 Å². The second kappa shape index (κ2) is 7.16. The Morgan fingerprint density at radius 1 is 1.16 bits per heavy atom. The highest BCUT2D eigenvalue weighted by atomic mass is 16.5. The minimum Gasteiger partial charge on any atom is -0.376 e. The molecule has 1 saturated carbocycles. The number of fused-ring (bicyclic) bond motifs is 1. The molecule has 1 aromatic carbocycles. The highest BCUT2D eigenvalue weighted by molar-refractivity contribution is 5.89. The number of nitrogens with one attached hydrogen (secondary N) is 1. The molecular formula is C20H26N2O3. The number of hydrogen-bond donors (Lipinski definition) is 1. The van der Waals surface area contributed by atoms with Crippen LogP contribution in [0.15, 0.2) is 30.3 Å². The first-order valence-corrected chi connectivity index (χ1v) is 9.49. The van der Waals surface area contributed by atoms with Gasteiger partial charge in [0, 0.05) is 25.5 Å². The van der Waals surface area contributed by atoms with Crippen LogP contribution in [-0.2, 0) is 20.7 Å². The lowest BCUT2D eigenvalue weighted by atomic mass is 10.1. The molecule has 2 saturated heterocycles. The van der Waals surface area contributed by atoms with E-state index in [4.69, 9.17) is 4.74 Å². The van der Waals surface area contributed by atoms with Gasteiger partial charge in [-0.1, -0.05) is 30.3 Å². The molecule has 0 radical (unpaired) electrons. The van der Waals surface area contributed by atoms with Crippen LogP contribution in [0.4, 0.5) is 0 Å². The van der Waals surface area contributed by atoms with E-state index in [1.807, 2.05) is 23.1 Å². The molecule has 2 heterocycles. The predicted molar refractivity (Wildman–Crippen MR) is 93.9 cm³/mol. The molecule has 1 aromatic rings. The van der Waals surface area contributed by atoms with Crippen molar-refractivity contribution in [3.63, 3.8) is 0 Å². The molecule has 5 nitrogen and oxygen atoms in total. The van der Waals surface area contributed by atoms with Crippen molar-refractivity contribution < 1.29 is 14.3 Å². The number of carbonyl (C=O) groups excluding carboxylic acids is 2. The minimum atomic E-state index is -0.347. The van der Waals surface area contributed by atoms with Crippen LogP contribution in [0.2, 0.25) is 0 Å². The van der Waals surface area contributed by atoms with Crippen molar-refractivity contribution in [2.45, 2.75) is 69.2 Å².